The molecule has 0 saturated carbocycles. The Hall–Kier alpha value is -3.16. The molecule has 8 heteroatoms. The second-order valence-electron chi connectivity index (χ2n) is 7.15. The van der Waals surface area contributed by atoms with Gasteiger partial charge in [-0.2, -0.15) is 4.98 Å². The van der Waals surface area contributed by atoms with Crippen molar-refractivity contribution in [1.82, 2.24) is 9.97 Å². The van der Waals surface area contributed by atoms with E-state index in [4.69, 9.17) is 0 Å². The van der Waals surface area contributed by atoms with Crippen LogP contribution in [0.5, 0.6) is 0 Å². The lowest BCUT2D eigenvalue weighted by Crippen LogP contribution is -2.37. The maximum Gasteiger partial charge on any atom is 0.258 e. The van der Waals surface area contributed by atoms with Gasteiger partial charge in [0, 0.05) is 25.2 Å². The number of hydrogen-bond acceptors (Lipinski definition) is 5. The Balaban J connectivity index is 1.67. The number of anilines is 3. The molecule has 146 valence electrons. The van der Waals surface area contributed by atoms with Crippen molar-refractivity contribution in [3.05, 3.63) is 45.7 Å². The third kappa shape index (κ3) is 3.37. The number of carbonyl (C=O) groups is 2. The summed E-state index contributed by atoms with van der Waals surface area (Å²) in [5.41, 5.74) is 1.53. The van der Waals surface area contributed by atoms with Gasteiger partial charge in [-0.05, 0) is 30.9 Å². The highest BCUT2D eigenvalue weighted by Gasteiger charge is 2.35. The zero-order valence-electron chi connectivity index (χ0n) is 15.7. The predicted octanol–water partition coefficient (Wildman–Crippen LogP) is 2.00. The zero-order valence-corrected chi connectivity index (χ0v) is 15.7. The summed E-state index contributed by atoms with van der Waals surface area (Å²) in [4.78, 5) is 47.2. The lowest BCUT2D eigenvalue weighted by atomic mass is 9.92. The molecular formula is C20H23N5O3. The smallest absolute Gasteiger partial charge is 0.258 e. The van der Waals surface area contributed by atoms with Gasteiger partial charge >= 0.3 is 0 Å². The van der Waals surface area contributed by atoms with Crippen molar-refractivity contribution in [3.63, 3.8) is 0 Å². The standard InChI is InChI=1S/C20H23N5O3/c1-2-12-7-3-4-8-14(12)21-18(27)13-11-15(26)22-17-16(13)19(28)24-20(23-17)25-9-5-6-10-25/h3-4,7-8,13H,2,5-6,9-11H2,1H3,(H,21,27)(H2,22,23,24,26,28)/t13-/m0/s1. The summed E-state index contributed by atoms with van der Waals surface area (Å²) in [6.07, 6.45) is 2.75. The van der Waals surface area contributed by atoms with Crippen molar-refractivity contribution in [2.45, 2.75) is 38.5 Å². The van der Waals surface area contributed by atoms with Gasteiger partial charge in [0.15, 0.2) is 0 Å². The van der Waals surface area contributed by atoms with E-state index in [0.717, 1.165) is 37.9 Å². The van der Waals surface area contributed by atoms with Gasteiger partial charge < -0.3 is 15.5 Å². The molecule has 1 aromatic heterocycles. The van der Waals surface area contributed by atoms with E-state index in [9.17, 15) is 14.4 Å². The van der Waals surface area contributed by atoms with Crippen molar-refractivity contribution in [3.8, 4) is 0 Å². The first-order chi connectivity index (χ1) is 13.6. The second-order valence-corrected chi connectivity index (χ2v) is 7.15. The highest BCUT2D eigenvalue weighted by atomic mass is 16.2. The monoisotopic (exact) mass is 381 g/mol. The first-order valence-corrected chi connectivity index (χ1v) is 9.64. The Morgan fingerprint density at radius 1 is 1.25 bits per heavy atom. The van der Waals surface area contributed by atoms with Crippen LogP contribution >= 0.6 is 0 Å². The van der Waals surface area contributed by atoms with Crippen LogP contribution in [-0.4, -0.2) is 34.9 Å². The third-order valence-corrected chi connectivity index (χ3v) is 5.32. The molecule has 3 N–H and O–H groups in total. The second kappa shape index (κ2) is 7.46. The van der Waals surface area contributed by atoms with Crippen molar-refractivity contribution >= 4 is 29.3 Å². The molecule has 2 aromatic rings. The van der Waals surface area contributed by atoms with E-state index in [1.807, 2.05) is 36.1 Å². The normalized spacial score (nSPS) is 18.5. The number of fused-ring (bicyclic) bond motifs is 1. The molecule has 3 heterocycles. The summed E-state index contributed by atoms with van der Waals surface area (Å²) < 4.78 is 0. The maximum absolute atomic E-state index is 13.0. The lowest BCUT2D eigenvalue weighted by Gasteiger charge is -2.25. The number of aromatic nitrogens is 2. The van der Waals surface area contributed by atoms with Gasteiger partial charge in [-0.25, -0.2) is 0 Å². The number of aryl methyl sites for hydroxylation is 1. The SMILES string of the molecule is CCc1ccccc1NC(=O)[C@H]1CC(=O)Nc2nc(N3CCCC3)[nH]c(=O)c21. The van der Waals surface area contributed by atoms with Crippen LogP contribution < -0.4 is 21.1 Å². The Labute approximate surface area is 162 Å². The molecular weight excluding hydrogens is 358 g/mol. The van der Waals surface area contributed by atoms with E-state index >= 15 is 0 Å². The van der Waals surface area contributed by atoms with Crippen LogP contribution in [0.1, 0.15) is 43.2 Å². The van der Waals surface area contributed by atoms with Gasteiger partial charge in [-0.1, -0.05) is 25.1 Å². The number of rotatable bonds is 4. The number of nitrogens with zero attached hydrogens (tertiary/aromatic N) is 2. The number of carbonyl (C=O) groups excluding carboxylic acids is 2. The minimum atomic E-state index is -0.877. The topological polar surface area (TPSA) is 107 Å². The average Bonchev–Trinajstić information content (AvgIpc) is 3.22. The molecule has 8 nitrogen and oxygen atoms in total. The number of aromatic amines is 1. The van der Waals surface area contributed by atoms with Gasteiger partial charge in [0.1, 0.15) is 5.82 Å². The molecule has 4 rings (SSSR count). The minimum absolute atomic E-state index is 0.0824. The summed E-state index contributed by atoms with van der Waals surface area (Å²) in [5.74, 6) is -0.942. The quantitative estimate of drug-likeness (QED) is 0.751. The fourth-order valence-electron chi connectivity index (χ4n) is 3.83. The number of hydrogen-bond donors (Lipinski definition) is 3. The van der Waals surface area contributed by atoms with Gasteiger partial charge in [0.05, 0.1) is 11.5 Å². The molecule has 28 heavy (non-hydrogen) atoms. The van der Waals surface area contributed by atoms with E-state index < -0.39 is 5.92 Å². The molecule has 1 atom stereocenters. The first kappa shape index (κ1) is 18.2. The largest absolute Gasteiger partial charge is 0.342 e. The molecule has 2 aliphatic heterocycles. The van der Waals surface area contributed by atoms with Gasteiger partial charge in [0.2, 0.25) is 17.8 Å². The number of amides is 2. The van der Waals surface area contributed by atoms with Crippen LogP contribution in [-0.2, 0) is 16.0 Å². The van der Waals surface area contributed by atoms with E-state index in [1.54, 1.807) is 0 Å². The summed E-state index contributed by atoms with van der Waals surface area (Å²) in [6, 6.07) is 7.51. The Morgan fingerprint density at radius 2 is 2.00 bits per heavy atom. The van der Waals surface area contributed by atoms with E-state index in [1.165, 1.54) is 0 Å². The first-order valence-electron chi connectivity index (χ1n) is 9.64. The molecule has 0 spiro atoms. The minimum Gasteiger partial charge on any atom is -0.342 e. The molecule has 1 fully saturated rings. The van der Waals surface area contributed by atoms with Crippen molar-refractivity contribution in [2.75, 3.05) is 28.6 Å². The van der Waals surface area contributed by atoms with Crippen LogP contribution in [0.25, 0.3) is 0 Å². The van der Waals surface area contributed by atoms with Crippen LogP contribution in [0.15, 0.2) is 29.1 Å². The Bertz CT molecular complexity index is 978. The molecule has 1 saturated heterocycles. The summed E-state index contributed by atoms with van der Waals surface area (Å²) in [7, 11) is 0. The van der Waals surface area contributed by atoms with Gasteiger partial charge in [0.25, 0.3) is 5.56 Å². The fourth-order valence-corrected chi connectivity index (χ4v) is 3.83. The van der Waals surface area contributed by atoms with Gasteiger partial charge in [-0.3, -0.25) is 19.4 Å². The lowest BCUT2D eigenvalue weighted by molar-refractivity contribution is -0.123. The maximum atomic E-state index is 13.0. The van der Waals surface area contributed by atoms with Crippen molar-refractivity contribution < 1.29 is 9.59 Å². The third-order valence-electron chi connectivity index (χ3n) is 5.32. The Kier molecular flexibility index (Phi) is 4.85. The van der Waals surface area contributed by atoms with Gasteiger partial charge in [-0.15, -0.1) is 0 Å². The molecule has 0 bridgehead atoms. The Morgan fingerprint density at radius 3 is 2.75 bits per heavy atom. The highest BCUT2D eigenvalue weighted by Crippen LogP contribution is 2.31. The molecule has 2 amide bonds. The summed E-state index contributed by atoms with van der Waals surface area (Å²) >= 11 is 0. The fraction of sp³-hybridized carbons (Fsp3) is 0.400. The number of nitrogens with one attached hydrogen (secondary N) is 3. The van der Waals surface area contributed by atoms with Crippen molar-refractivity contribution in [2.24, 2.45) is 0 Å². The van der Waals surface area contributed by atoms with Crippen LogP contribution in [0.3, 0.4) is 0 Å². The highest BCUT2D eigenvalue weighted by molar-refractivity contribution is 6.04. The van der Waals surface area contributed by atoms with E-state index in [2.05, 4.69) is 20.6 Å². The number of H-pyrrole nitrogens is 1. The van der Waals surface area contributed by atoms with Crippen LogP contribution in [0.4, 0.5) is 17.5 Å². The molecule has 1 aromatic carbocycles. The molecule has 0 aliphatic carbocycles. The zero-order chi connectivity index (χ0) is 19.7. The molecule has 0 unspecified atom stereocenters. The van der Waals surface area contributed by atoms with E-state index in [-0.39, 0.29) is 35.2 Å². The summed E-state index contributed by atoms with van der Waals surface area (Å²) in [6.45, 7) is 3.63. The van der Waals surface area contributed by atoms with E-state index in [0.29, 0.717) is 11.6 Å². The predicted molar refractivity (Wildman–Crippen MR) is 107 cm³/mol. The average molecular weight is 381 g/mol. The molecule has 2 aliphatic rings. The molecule has 0 radical (unpaired) electrons. The van der Waals surface area contributed by atoms with Crippen LogP contribution in [0.2, 0.25) is 0 Å². The van der Waals surface area contributed by atoms with Crippen LogP contribution in [0, 0.1) is 0 Å². The van der Waals surface area contributed by atoms with Crippen molar-refractivity contribution in [1.29, 1.82) is 0 Å². The number of para-hydroxylation sites is 1. The summed E-state index contributed by atoms with van der Waals surface area (Å²) in [5, 5.41) is 5.54. The number of benzene rings is 1.